The van der Waals surface area contributed by atoms with Crippen molar-refractivity contribution in [1.29, 1.82) is 5.26 Å². The molecule has 0 aromatic carbocycles. The van der Waals surface area contributed by atoms with Gasteiger partial charge in [0, 0.05) is 24.4 Å². The number of nitrogens with one attached hydrogen (secondary N) is 1. The van der Waals surface area contributed by atoms with Gasteiger partial charge in [0.05, 0.1) is 12.3 Å². The van der Waals surface area contributed by atoms with E-state index in [1.807, 2.05) is 6.07 Å². The van der Waals surface area contributed by atoms with E-state index in [2.05, 4.69) is 20.3 Å². The van der Waals surface area contributed by atoms with Crippen molar-refractivity contribution in [3.63, 3.8) is 0 Å². The zero-order chi connectivity index (χ0) is 18.7. The Bertz CT molecular complexity index is 765. The number of carbonyl (C=O) groups is 1. The lowest BCUT2D eigenvalue weighted by Crippen LogP contribution is -2.45. The largest absolute Gasteiger partial charge is 0.394 e. The summed E-state index contributed by atoms with van der Waals surface area (Å²) in [7, 11) is 0. The minimum atomic E-state index is -3.24. The van der Waals surface area contributed by atoms with Crippen molar-refractivity contribution in [2.24, 2.45) is 10.7 Å². The standard InChI is InChI=1S/C16H18F2N6O/c1-15(2,9-19)24-14(25)12(20)10-4-3-5-16(17,18)13(10)23-11-8-21-6-7-22-11/h6-8H,3-5,20H2,1-2H3,(H,24,25). The number of carbonyl (C=O) groups excluding carboxylic acids is 1. The number of hydrogen-bond donors (Lipinski definition) is 2. The van der Waals surface area contributed by atoms with Crippen molar-refractivity contribution in [2.75, 3.05) is 0 Å². The van der Waals surface area contributed by atoms with Gasteiger partial charge in [-0.2, -0.15) is 14.0 Å². The summed E-state index contributed by atoms with van der Waals surface area (Å²) in [6.45, 7) is 2.96. The van der Waals surface area contributed by atoms with Crippen LogP contribution >= 0.6 is 0 Å². The van der Waals surface area contributed by atoms with Crippen LogP contribution in [-0.2, 0) is 4.79 Å². The van der Waals surface area contributed by atoms with E-state index in [-0.39, 0.29) is 29.9 Å². The van der Waals surface area contributed by atoms with E-state index in [0.717, 1.165) is 0 Å². The summed E-state index contributed by atoms with van der Waals surface area (Å²) in [5, 5.41) is 11.4. The van der Waals surface area contributed by atoms with E-state index < -0.39 is 29.5 Å². The van der Waals surface area contributed by atoms with Crippen molar-refractivity contribution < 1.29 is 13.6 Å². The highest BCUT2D eigenvalue weighted by molar-refractivity contribution is 6.12. The first-order chi connectivity index (χ1) is 11.7. The van der Waals surface area contributed by atoms with Crippen LogP contribution in [-0.4, -0.2) is 33.0 Å². The summed E-state index contributed by atoms with van der Waals surface area (Å²) >= 11 is 0. The molecular weight excluding hydrogens is 330 g/mol. The Morgan fingerprint density at radius 2 is 2.20 bits per heavy atom. The maximum absolute atomic E-state index is 14.4. The molecule has 0 atom stereocenters. The molecule has 7 nitrogen and oxygen atoms in total. The predicted octanol–water partition coefficient (Wildman–Crippen LogP) is 2.00. The Hall–Kier alpha value is -2.89. The van der Waals surface area contributed by atoms with Crippen LogP contribution in [0.5, 0.6) is 0 Å². The average molecular weight is 348 g/mol. The minimum Gasteiger partial charge on any atom is -0.394 e. The summed E-state index contributed by atoms with van der Waals surface area (Å²) in [6, 6.07) is 1.89. The minimum absolute atomic E-state index is 0.00198. The molecule has 132 valence electrons. The summed E-state index contributed by atoms with van der Waals surface area (Å²) in [6.07, 6.45) is 3.91. The quantitative estimate of drug-likeness (QED) is 0.810. The molecule has 0 aliphatic heterocycles. The Labute approximate surface area is 143 Å². The Kier molecular flexibility index (Phi) is 5.11. The molecule has 0 radical (unpaired) electrons. The fraction of sp³-hybridized carbons (Fsp3) is 0.438. The van der Waals surface area contributed by atoms with E-state index in [1.54, 1.807) is 0 Å². The van der Waals surface area contributed by atoms with Gasteiger partial charge < -0.3 is 11.1 Å². The lowest BCUT2D eigenvalue weighted by Gasteiger charge is -2.27. The second-order valence-electron chi connectivity index (χ2n) is 6.17. The van der Waals surface area contributed by atoms with Crippen LogP contribution in [0.3, 0.4) is 0 Å². The second kappa shape index (κ2) is 6.93. The third kappa shape index (κ3) is 4.35. The number of nitrogens with two attached hydrogens (primary N) is 1. The van der Waals surface area contributed by atoms with Gasteiger partial charge in [0.2, 0.25) is 0 Å². The molecule has 1 saturated carbocycles. The van der Waals surface area contributed by atoms with Crippen LogP contribution in [0.2, 0.25) is 0 Å². The molecule has 1 amide bonds. The summed E-state index contributed by atoms with van der Waals surface area (Å²) < 4.78 is 28.8. The van der Waals surface area contributed by atoms with Gasteiger partial charge in [-0.15, -0.1) is 0 Å². The van der Waals surface area contributed by atoms with Gasteiger partial charge >= 0.3 is 0 Å². The van der Waals surface area contributed by atoms with Crippen LogP contribution in [0.25, 0.3) is 0 Å². The normalized spacial score (nSPS) is 20.7. The molecule has 1 fully saturated rings. The number of halogens is 2. The molecule has 1 aliphatic rings. The van der Waals surface area contributed by atoms with Crippen molar-refractivity contribution >= 4 is 17.4 Å². The Morgan fingerprint density at radius 1 is 1.48 bits per heavy atom. The third-order valence-electron chi connectivity index (χ3n) is 3.60. The van der Waals surface area contributed by atoms with E-state index in [4.69, 9.17) is 11.0 Å². The molecule has 0 saturated heterocycles. The van der Waals surface area contributed by atoms with E-state index >= 15 is 0 Å². The number of alkyl halides is 2. The van der Waals surface area contributed by atoms with Gasteiger partial charge in [-0.1, -0.05) is 0 Å². The summed E-state index contributed by atoms with van der Waals surface area (Å²) in [5.74, 6) is -4.02. The van der Waals surface area contributed by atoms with Crippen molar-refractivity contribution in [3.8, 4) is 6.07 Å². The fourth-order valence-electron chi connectivity index (χ4n) is 2.34. The highest BCUT2D eigenvalue weighted by Crippen LogP contribution is 2.36. The molecule has 1 aliphatic carbocycles. The molecular formula is C16H18F2N6O. The number of rotatable bonds is 3. The molecule has 1 aromatic rings. The van der Waals surface area contributed by atoms with E-state index in [9.17, 15) is 13.6 Å². The number of aliphatic imine (C=N–C) groups is 1. The summed E-state index contributed by atoms with van der Waals surface area (Å²) in [5.41, 5.74) is 3.66. The molecule has 25 heavy (non-hydrogen) atoms. The lowest BCUT2D eigenvalue weighted by molar-refractivity contribution is -0.118. The maximum Gasteiger partial charge on any atom is 0.290 e. The molecule has 1 aromatic heterocycles. The topological polar surface area (TPSA) is 117 Å². The van der Waals surface area contributed by atoms with Gasteiger partial charge in [-0.3, -0.25) is 9.78 Å². The van der Waals surface area contributed by atoms with Crippen LogP contribution in [0, 0.1) is 11.3 Å². The maximum atomic E-state index is 14.4. The predicted molar refractivity (Wildman–Crippen MR) is 87.0 cm³/mol. The van der Waals surface area contributed by atoms with Crippen molar-refractivity contribution in [1.82, 2.24) is 15.3 Å². The first-order valence-electron chi connectivity index (χ1n) is 7.62. The number of aromatic nitrogens is 2. The molecule has 2 rings (SSSR count). The first-order valence-corrected chi connectivity index (χ1v) is 7.62. The number of allylic oxidation sites excluding steroid dienone is 1. The SMILES string of the molecule is CC(C)(C#N)NC(=O)C(N)=C1CCCC(F)(F)C1=Nc1cnccn1. The molecule has 1 heterocycles. The number of nitriles is 1. The first kappa shape index (κ1) is 18.4. The summed E-state index contributed by atoms with van der Waals surface area (Å²) in [4.78, 5) is 23.8. The number of nitrogens with zero attached hydrogens (tertiary/aromatic N) is 4. The van der Waals surface area contributed by atoms with Crippen LogP contribution in [0.1, 0.15) is 33.1 Å². The molecule has 0 spiro atoms. The van der Waals surface area contributed by atoms with Crippen LogP contribution in [0.15, 0.2) is 34.9 Å². The third-order valence-corrected chi connectivity index (χ3v) is 3.60. The number of hydrogen-bond acceptors (Lipinski definition) is 6. The lowest BCUT2D eigenvalue weighted by atomic mass is 9.87. The number of amides is 1. The fourth-order valence-corrected chi connectivity index (χ4v) is 2.34. The van der Waals surface area contributed by atoms with Gasteiger partial charge in [-0.05, 0) is 26.7 Å². The smallest absolute Gasteiger partial charge is 0.290 e. The average Bonchev–Trinajstić information content (AvgIpc) is 2.56. The van der Waals surface area contributed by atoms with Crippen LogP contribution < -0.4 is 11.1 Å². The van der Waals surface area contributed by atoms with Gasteiger partial charge in [0.15, 0.2) is 5.82 Å². The van der Waals surface area contributed by atoms with Gasteiger partial charge in [0.25, 0.3) is 11.8 Å². The second-order valence-corrected chi connectivity index (χ2v) is 6.17. The Morgan fingerprint density at radius 3 is 2.80 bits per heavy atom. The van der Waals surface area contributed by atoms with E-state index in [0.29, 0.717) is 0 Å². The van der Waals surface area contributed by atoms with Crippen molar-refractivity contribution in [2.45, 2.75) is 44.6 Å². The molecule has 0 bridgehead atoms. The van der Waals surface area contributed by atoms with Crippen molar-refractivity contribution in [3.05, 3.63) is 29.9 Å². The van der Waals surface area contributed by atoms with Gasteiger partial charge in [-0.25, -0.2) is 9.98 Å². The van der Waals surface area contributed by atoms with Gasteiger partial charge in [0.1, 0.15) is 16.9 Å². The molecule has 0 unspecified atom stereocenters. The zero-order valence-electron chi connectivity index (χ0n) is 13.9. The highest BCUT2D eigenvalue weighted by atomic mass is 19.3. The zero-order valence-corrected chi connectivity index (χ0v) is 13.9. The molecule has 9 heteroatoms. The Balaban J connectivity index is 2.47. The van der Waals surface area contributed by atoms with Crippen LogP contribution in [0.4, 0.5) is 14.6 Å². The molecule has 3 N–H and O–H groups in total. The van der Waals surface area contributed by atoms with E-state index in [1.165, 1.54) is 32.4 Å². The monoisotopic (exact) mass is 348 g/mol. The highest BCUT2D eigenvalue weighted by Gasteiger charge is 2.42.